The Balaban J connectivity index is 2.83. The first-order valence-electron chi connectivity index (χ1n) is 2.35. The smallest absolute Gasteiger partial charge is 0.244 e. The van der Waals surface area contributed by atoms with Crippen LogP contribution < -0.4 is 0 Å². The lowest BCUT2D eigenvalue weighted by Crippen LogP contribution is -2.07. The van der Waals surface area contributed by atoms with Gasteiger partial charge in [0.25, 0.3) is 0 Å². The van der Waals surface area contributed by atoms with E-state index in [9.17, 15) is 0 Å². The van der Waals surface area contributed by atoms with E-state index in [2.05, 4.69) is 6.92 Å². The quantitative estimate of drug-likeness (QED) is 0.453. The van der Waals surface area contributed by atoms with E-state index in [1.54, 1.807) is 0 Å². The van der Waals surface area contributed by atoms with E-state index in [4.69, 9.17) is 16.4 Å². The van der Waals surface area contributed by atoms with Crippen LogP contribution in [0.4, 0.5) is 0 Å². The van der Waals surface area contributed by atoms with Gasteiger partial charge in [-0.25, -0.2) is 0 Å². The normalized spacial score (nSPS) is 14.1. The number of hydrogen-bond acceptors (Lipinski definition) is 1. The van der Waals surface area contributed by atoms with Crippen molar-refractivity contribution in [2.45, 2.75) is 24.8 Å². The molecule has 0 rings (SSSR count). The fraction of sp³-hybridized carbons (Fsp3) is 1.00. The lowest BCUT2D eigenvalue weighted by Gasteiger charge is -1.96. The van der Waals surface area contributed by atoms with Crippen LogP contribution in [-0.4, -0.2) is 19.6 Å². The number of hydrogen-bond donors (Lipinski definition) is 1. The lowest BCUT2D eigenvalue weighted by molar-refractivity contribution is 0.590. The highest BCUT2D eigenvalue weighted by molar-refractivity contribution is 6.47. The molecule has 7 heavy (non-hydrogen) atoms. The van der Waals surface area contributed by atoms with E-state index in [0.717, 1.165) is 12.8 Å². The number of alkyl halides is 1. The minimum atomic E-state index is -0.0962. The summed E-state index contributed by atoms with van der Waals surface area (Å²) in [6.45, 7) is 2.05. The van der Waals surface area contributed by atoms with E-state index in [-0.39, 0.29) is 14.8 Å². The summed E-state index contributed by atoms with van der Waals surface area (Å²) in [6.07, 6.45) is 1.98. The van der Waals surface area contributed by atoms with Crippen LogP contribution in [0.2, 0.25) is 0 Å². The largest absolute Gasteiger partial charge is 0.430 e. The molecule has 0 saturated carbocycles. The summed E-state index contributed by atoms with van der Waals surface area (Å²) in [6, 6.07) is 0. The van der Waals surface area contributed by atoms with Gasteiger partial charge in [-0.1, -0.05) is 13.3 Å². The molecule has 0 aliphatic rings. The number of rotatable bonds is 3. The second kappa shape index (κ2) is 4.62. The highest BCUT2D eigenvalue weighted by atomic mass is 35.5. The third-order valence-electron chi connectivity index (χ3n) is 0.682. The van der Waals surface area contributed by atoms with Crippen LogP contribution in [0.1, 0.15) is 19.8 Å². The number of halogens is 1. The molecule has 0 bridgehead atoms. The van der Waals surface area contributed by atoms with E-state index >= 15 is 0 Å². The summed E-state index contributed by atoms with van der Waals surface area (Å²) in [5.74, 6) is 0. The van der Waals surface area contributed by atoms with Crippen LogP contribution in [0.25, 0.3) is 0 Å². The summed E-state index contributed by atoms with van der Waals surface area (Å²) in [5, 5.41) is 0.00463. The van der Waals surface area contributed by atoms with Gasteiger partial charge in [0.15, 0.2) is 0 Å². The lowest BCUT2D eigenvalue weighted by atomic mass is 10.4. The molecule has 0 heterocycles. The van der Waals surface area contributed by atoms with Gasteiger partial charge in [-0.15, -0.1) is 11.6 Å². The zero-order valence-corrected chi connectivity index (χ0v) is 6.07. The van der Waals surface area contributed by atoms with Gasteiger partial charge in [-0.3, -0.25) is 0 Å². The van der Waals surface area contributed by atoms with E-state index in [0.29, 0.717) is 0 Å². The molecule has 0 aliphatic heterocycles. The van der Waals surface area contributed by atoms with Gasteiger partial charge in [0.05, 0.1) is 5.00 Å². The fourth-order valence-electron chi connectivity index (χ4n) is 0.318. The monoisotopic (exact) mass is 136 g/mol. The molecule has 0 fully saturated rings. The third kappa shape index (κ3) is 4.32. The Kier molecular flexibility index (Phi) is 4.93. The van der Waals surface area contributed by atoms with Crippen LogP contribution in [0, 0.1) is 0 Å². The summed E-state index contributed by atoms with van der Waals surface area (Å²) >= 11 is 5.53. The molecule has 1 unspecified atom stereocenters. The predicted octanol–water partition coefficient (Wildman–Crippen LogP) is 0.963. The molecule has 0 aromatic rings. The third-order valence-corrected chi connectivity index (χ3v) is 1.76. The molecule has 1 atom stereocenters. The van der Waals surface area contributed by atoms with Crippen molar-refractivity contribution in [2.24, 2.45) is 0 Å². The van der Waals surface area contributed by atoms with Crippen LogP contribution >= 0.6 is 11.6 Å². The van der Waals surface area contributed by atoms with E-state index in [1.807, 2.05) is 0 Å². The summed E-state index contributed by atoms with van der Waals surface area (Å²) in [5.41, 5.74) is 0. The first kappa shape index (κ1) is 7.47. The van der Waals surface area contributed by atoms with Gasteiger partial charge < -0.3 is 4.80 Å². The Hall–Kier alpha value is 0.467. The van der Waals surface area contributed by atoms with Gasteiger partial charge in [-0.2, -0.15) is 0 Å². The first-order chi connectivity index (χ1) is 3.31. The molecule has 0 saturated heterocycles. The van der Waals surface area contributed by atoms with Gasteiger partial charge in [0.1, 0.15) is 0 Å². The molecular weight excluding hydrogens is 128 g/mol. The van der Waals surface area contributed by atoms with Crippen molar-refractivity contribution in [1.29, 1.82) is 0 Å². The average molecular weight is 137 g/mol. The molecule has 0 amide bonds. The Bertz CT molecular complexity index is 42.7. The minimum Gasteiger partial charge on any atom is -0.430 e. The summed E-state index contributed by atoms with van der Waals surface area (Å²) in [7, 11) is -0.0962. The van der Waals surface area contributed by atoms with Gasteiger partial charge in [0, 0.05) is 0 Å². The van der Waals surface area contributed by atoms with Crippen molar-refractivity contribution in [3.63, 3.8) is 0 Å². The fourth-order valence-corrected chi connectivity index (χ4v) is 0.954. The van der Waals surface area contributed by atoms with Crippen LogP contribution in [0.15, 0.2) is 0 Å². The molecule has 42 valence electrons. The van der Waals surface area contributed by atoms with Crippen molar-refractivity contribution in [3.8, 4) is 0 Å². The maximum Gasteiger partial charge on any atom is 0.244 e. The first-order valence-corrected chi connectivity index (χ1v) is 3.81. The molecule has 3 heteroatoms. The SMILES string of the molecule is CCCC(Cl)[Si]O. The molecule has 2 radical (unpaired) electrons. The topological polar surface area (TPSA) is 20.2 Å². The van der Waals surface area contributed by atoms with Crippen molar-refractivity contribution in [1.82, 2.24) is 0 Å². The van der Waals surface area contributed by atoms with Gasteiger partial charge in [-0.05, 0) is 6.42 Å². The van der Waals surface area contributed by atoms with Gasteiger partial charge in [0.2, 0.25) is 9.76 Å². The Labute approximate surface area is 51.6 Å². The van der Waals surface area contributed by atoms with Crippen LogP contribution in [-0.2, 0) is 0 Å². The predicted molar refractivity (Wildman–Crippen MR) is 32.5 cm³/mol. The van der Waals surface area contributed by atoms with Gasteiger partial charge >= 0.3 is 0 Å². The molecular formula is C4H9ClOSi. The maximum absolute atomic E-state index is 8.36. The Morgan fingerprint density at radius 3 is 2.57 bits per heavy atom. The average Bonchev–Trinajstić information content (AvgIpc) is 1.68. The molecule has 0 aromatic heterocycles. The maximum atomic E-state index is 8.36. The highest BCUT2D eigenvalue weighted by Gasteiger charge is 2.00. The van der Waals surface area contributed by atoms with Crippen LogP contribution in [0.5, 0.6) is 0 Å². The van der Waals surface area contributed by atoms with Crippen molar-refractivity contribution in [2.75, 3.05) is 0 Å². The zero-order chi connectivity index (χ0) is 5.70. The standard InChI is InChI=1S/C4H9ClOSi/c1-2-3-4(5)7-6/h4,6H,2-3H2,1H3. The second-order valence-electron chi connectivity index (χ2n) is 1.39. The zero-order valence-electron chi connectivity index (χ0n) is 4.32. The molecule has 0 aliphatic carbocycles. The highest BCUT2D eigenvalue weighted by Crippen LogP contribution is 2.00. The molecule has 0 spiro atoms. The molecule has 0 aromatic carbocycles. The minimum absolute atomic E-state index is 0.00463. The second-order valence-corrected chi connectivity index (χ2v) is 3.23. The summed E-state index contributed by atoms with van der Waals surface area (Å²) in [4.78, 5) is 8.36. The van der Waals surface area contributed by atoms with E-state index in [1.165, 1.54) is 0 Å². The van der Waals surface area contributed by atoms with Crippen molar-refractivity contribution in [3.05, 3.63) is 0 Å². The van der Waals surface area contributed by atoms with Crippen molar-refractivity contribution >= 4 is 21.4 Å². The van der Waals surface area contributed by atoms with Crippen LogP contribution in [0.3, 0.4) is 0 Å². The Morgan fingerprint density at radius 2 is 2.43 bits per heavy atom. The van der Waals surface area contributed by atoms with E-state index < -0.39 is 0 Å². The van der Waals surface area contributed by atoms with Crippen molar-refractivity contribution < 1.29 is 4.80 Å². The molecule has 1 N–H and O–H groups in total. The summed E-state index contributed by atoms with van der Waals surface area (Å²) < 4.78 is 0. The molecule has 1 nitrogen and oxygen atoms in total. The Morgan fingerprint density at radius 1 is 1.86 bits per heavy atom.